The molecule has 0 saturated heterocycles. The Morgan fingerprint density at radius 1 is 1.25 bits per heavy atom. The van der Waals surface area contributed by atoms with Crippen molar-refractivity contribution in [3.63, 3.8) is 0 Å². The summed E-state index contributed by atoms with van der Waals surface area (Å²) in [5, 5.41) is 0. The van der Waals surface area contributed by atoms with Gasteiger partial charge in [-0.2, -0.15) is 0 Å². The largest absolute Gasteiger partial charge is 0.488 e. The van der Waals surface area contributed by atoms with Crippen molar-refractivity contribution in [1.82, 2.24) is 4.98 Å². The average Bonchev–Trinajstić information content (AvgIpc) is 2.85. The van der Waals surface area contributed by atoms with E-state index >= 15 is 0 Å². The Kier molecular flexibility index (Phi) is 5.41. The summed E-state index contributed by atoms with van der Waals surface area (Å²) >= 11 is 1.68. The first kappa shape index (κ1) is 15.3. The monoisotopic (exact) mass is 291 g/mol. The molecule has 0 N–H and O–H groups in total. The molecular weight excluding hydrogens is 266 g/mol. The van der Waals surface area contributed by atoms with Crippen LogP contribution in [0.25, 0.3) is 10.2 Å². The summed E-state index contributed by atoms with van der Waals surface area (Å²) in [5.74, 6) is 1.48. The minimum Gasteiger partial charge on any atom is -0.488 e. The second-order valence-corrected chi connectivity index (χ2v) is 6.74. The Balaban J connectivity index is 2.17. The highest BCUT2D eigenvalue weighted by Crippen LogP contribution is 2.31. The second kappa shape index (κ2) is 7.07. The van der Waals surface area contributed by atoms with Crippen LogP contribution in [0.5, 0.6) is 5.75 Å². The van der Waals surface area contributed by atoms with Crippen LogP contribution < -0.4 is 4.74 Å². The molecule has 0 fully saturated rings. The molecule has 0 bridgehead atoms. The van der Waals surface area contributed by atoms with E-state index in [9.17, 15) is 0 Å². The van der Waals surface area contributed by atoms with Crippen molar-refractivity contribution in [2.75, 3.05) is 0 Å². The van der Waals surface area contributed by atoms with Crippen LogP contribution in [0, 0.1) is 12.8 Å². The van der Waals surface area contributed by atoms with E-state index in [-0.39, 0.29) is 6.10 Å². The standard InChI is InChI=1S/C17H25NOS/c1-5-6-7-8-14(12(2)3)19-15-9-13(4)10-16-17(15)18-11-20-16/h9-12,14H,5-8H2,1-4H3. The van der Waals surface area contributed by atoms with E-state index in [1.165, 1.54) is 29.5 Å². The molecule has 0 spiro atoms. The maximum atomic E-state index is 6.32. The predicted molar refractivity (Wildman–Crippen MR) is 87.8 cm³/mol. The Morgan fingerprint density at radius 3 is 2.75 bits per heavy atom. The van der Waals surface area contributed by atoms with Crippen molar-refractivity contribution < 1.29 is 4.74 Å². The summed E-state index contributed by atoms with van der Waals surface area (Å²) in [7, 11) is 0. The summed E-state index contributed by atoms with van der Waals surface area (Å²) in [6.45, 7) is 8.84. The van der Waals surface area contributed by atoms with Crippen molar-refractivity contribution in [3.05, 3.63) is 23.2 Å². The molecule has 0 saturated carbocycles. The quantitative estimate of drug-likeness (QED) is 0.620. The zero-order chi connectivity index (χ0) is 14.5. The molecule has 3 heteroatoms. The number of hydrogen-bond donors (Lipinski definition) is 0. The molecule has 110 valence electrons. The van der Waals surface area contributed by atoms with Gasteiger partial charge in [-0.1, -0.05) is 33.6 Å². The van der Waals surface area contributed by atoms with Gasteiger partial charge in [-0.3, -0.25) is 0 Å². The lowest BCUT2D eigenvalue weighted by Crippen LogP contribution is -2.23. The number of thiazole rings is 1. The fraction of sp³-hybridized carbons (Fsp3) is 0.588. The van der Waals surface area contributed by atoms with E-state index in [1.54, 1.807) is 11.3 Å². The summed E-state index contributed by atoms with van der Waals surface area (Å²) in [5.41, 5.74) is 4.16. The molecule has 2 rings (SSSR count). The lowest BCUT2D eigenvalue weighted by atomic mass is 10.0. The highest BCUT2D eigenvalue weighted by atomic mass is 32.1. The van der Waals surface area contributed by atoms with Crippen LogP contribution in [-0.4, -0.2) is 11.1 Å². The lowest BCUT2D eigenvalue weighted by Gasteiger charge is -2.23. The highest BCUT2D eigenvalue weighted by molar-refractivity contribution is 7.16. The van der Waals surface area contributed by atoms with Gasteiger partial charge in [0.25, 0.3) is 0 Å². The fourth-order valence-electron chi connectivity index (χ4n) is 2.44. The molecule has 1 heterocycles. The summed E-state index contributed by atoms with van der Waals surface area (Å²) in [6.07, 6.45) is 5.20. The van der Waals surface area contributed by atoms with Crippen LogP contribution in [0.2, 0.25) is 0 Å². The molecule has 20 heavy (non-hydrogen) atoms. The van der Waals surface area contributed by atoms with Crippen LogP contribution in [0.3, 0.4) is 0 Å². The molecule has 0 aliphatic heterocycles. The van der Waals surface area contributed by atoms with Crippen molar-refractivity contribution in [3.8, 4) is 5.75 Å². The highest BCUT2D eigenvalue weighted by Gasteiger charge is 2.17. The van der Waals surface area contributed by atoms with Gasteiger partial charge in [0.15, 0.2) is 0 Å². The van der Waals surface area contributed by atoms with Gasteiger partial charge in [-0.15, -0.1) is 11.3 Å². The molecular formula is C17H25NOS. The maximum Gasteiger partial charge on any atom is 0.147 e. The lowest BCUT2D eigenvalue weighted by molar-refractivity contribution is 0.140. The molecule has 1 aromatic heterocycles. The number of aryl methyl sites for hydroxylation is 1. The number of rotatable bonds is 7. The number of fused-ring (bicyclic) bond motifs is 1. The van der Waals surface area contributed by atoms with E-state index in [1.807, 2.05) is 5.51 Å². The third-order valence-corrected chi connectivity index (χ3v) is 4.44. The van der Waals surface area contributed by atoms with E-state index < -0.39 is 0 Å². The fourth-order valence-corrected chi connectivity index (χ4v) is 3.23. The normalized spacial score (nSPS) is 13.1. The van der Waals surface area contributed by atoms with Gasteiger partial charge in [-0.05, 0) is 43.4 Å². The zero-order valence-corrected chi connectivity index (χ0v) is 13.8. The number of ether oxygens (including phenoxy) is 1. The summed E-state index contributed by atoms with van der Waals surface area (Å²) < 4.78 is 7.54. The summed E-state index contributed by atoms with van der Waals surface area (Å²) in [4.78, 5) is 4.46. The average molecular weight is 291 g/mol. The molecule has 1 unspecified atom stereocenters. The first-order chi connectivity index (χ1) is 9.61. The first-order valence-corrected chi connectivity index (χ1v) is 8.50. The molecule has 0 aliphatic carbocycles. The van der Waals surface area contributed by atoms with Crippen molar-refractivity contribution in [2.24, 2.45) is 5.92 Å². The van der Waals surface area contributed by atoms with Crippen LogP contribution in [0.15, 0.2) is 17.6 Å². The number of nitrogens with zero attached hydrogens (tertiary/aromatic N) is 1. The van der Waals surface area contributed by atoms with Gasteiger partial charge < -0.3 is 4.74 Å². The molecule has 0 aliphatic rings. The number of hydrogen-bond acceptors (Lipinski definition) is 3. The van der Waals surface area contributed by atoms with Crippen LogP contribution in [-0.2, 0) is 0 Å². The van der Waals surface area contributed by atoms with E-state index in [2.05, 4.69) is 44.8 Å². The van der Waals surface area contributed by atoms with Gasteiger partial charge in [-0.25, -0.2) is 4.98 Å². The van der Waals surface area contributed by atoms with Crippen molar-refractivity contribution >= 4 is 21.6 Å². The number of aromatic nitrogens is 1. The summed E-state index contributed by atoms with van der Waals surface area (Å²) in [6, 6.07) is 4.30. The zero-order valence-electron chi connectivity index (χ0n) is 13.0. The molecule has 0 amide bonds. The Bertz CT molecular complexity index is 547. The van der Waals surface area contributed by atoms with E-state index in [4.69, 9.17) is 4.74 Å². The predicted octanol–water partition coefficient (Wildman–Crippen LogP) is 5.59. The molecule has 1 aromatic carbocycles. The smallest absolute Gasteiger partial charge is 0.147 e. The van der Waals surface area contributed by atoms with Gasteiger partial charge >= 0.3 is 0 Å². The minimum absolute atomic E-state index is 0.285. The van der Waals surface area contributed by atoms with Crippen LogP contribution in [0.4, 0.5) is 0 Å². The molecule has 0 radical (unpaired) electrons. The van der Waals surface area contributed by atoms with Gasteiger partial charge in [0.1, 0.15) is 17.4 Å². The van der Waals surface area contributed by atoms with Crippen LogP contribution >= 0.6 is 11.3 Å². The number of benzene rings is 1. The Labute approximate surface area is 126 Å². The van der Waals surface area contributed by atoms with Gasteiger partial charge in [0, 0.05) is 0 Å². The maximum absolute atomic E-state index is 6.32. The Hall–Kier alpha value is -1.09. The topological polar surface area (TPSA) is 22.1 Å². The molecule has 1 atom stereocenters. The third-order valence-electron chi connectivity index (χ3n) is 3.66. The minimum atomic E-state index is 0.285. The van der Waals surface area contributed by atoms with Crippen molar-refractivity contribution in [2.45, 2.75) is 59.5 Å². The van der Waals surface area contributed by atoms with Gasteiger partial charge in [0.05, 0.1) is 10.2 Å². The Morgan fingerprint density at radius 2 is 2.05 bits per heavy atom. The van der Waals surface area contributed by atoms with E-state index in [0.717, 1.165) is 17.7 Å². The first-order valence-electron chi connectivity index (χ1n) is 7.62. The third kappa shape index (κ3) is 3.72. The van der Waals surface area contributed by atoms with Crippen molar-refractivity contribution in [1.29, 1.82) is 0 Å². The second-order valence-electron chi connectivity index (χ2n) is 5.86. The van der Waals surface area contributed by atoms with Crippen LogP contribution in [0.1, 0.15) is 52.0 Å². The molecule has 2 nitrogen and oxygen atoms in total. The SMILES string of the molecule is CCCCCC(Oc1cc(C)cc2scnc12)C(C)C. The molecule has 2 aromatic rings. The number of unbranched alkanes of at least 4 members (excludes halogenated alkanes) is 2. The van der Waals surface area contributed by atoms with Gasteiger partial charge in [0.2, 0.25) is 0 Å². The van der Waals surface area contributed by atoms with E-state index in [0.29, 0.717) is 5.92 Å².